The van der Waals surface area contributed by atoms with Crippen LogP contribution in [0.4, 0.5) is 0 Å². The lowest BCUT2D eigenvalue weighted by molar-refractivity contribution is 0.274. The average molecular weight is 415 g/mol. The number of rotatable bonds is 21. The van der Waals surface area contributed by atoms with Crippen LogP contribution in [0, 0.1) is 0 Å². The van der Waals surface area contributed by atoms with Crippen molar-refractivity contribution in [3.8, 4) is 0 Å². The lowest BCUT2D eigenvalue weighted by Gasteiger charge is -2.24. The van der Waals surface area contributed by atoms with Crippen molar-refractivity contribution < 1.29 is 5.11 Å². The van der Waals surface area contributed by atoms with E-state index >= 15 is 0 Å². The van der Waals surface area contributed by atoms with Gasteiger partial charge in [0, 0.05) is 26.7 Å². The van der Waals surface area contributed by atoms with Crippen LogP contribution >= 0.6 is 12.2 Å². The van der Waals surface area contributed by atoms with Gasteiger partial charge in [-0.25, -0.2) is 0 Å². The standard InChI is InChI=1S/C24H50N2OS/c1-3-4-5-6-7-8-9-10-11-12-13-14-15-16-17-18-21-26(24(28)25-2)22-19-20-23-27/h27H,3-23H2,1-2H3,(H,25,28). The molecule has 0 aliphatic heterocycles. The van der Waals surface area contributed by atoms with Gasteiger partial charge in [0.2, 0.25) is 0 Å². The fourth-order valence-electron chi connectivity index (χ4n) is 3.74. The topological polar surface area (TPSA) is 35.5 Å². The van der Waals surface area contributed by atoms with Gasteiger partial charge in [-0.15, -0.1) is 0 Å². The maximum absolute atomic E-state index is 8.93. The zero-order chi connectivity index (χ0) is 20.7. The van der Waals surface area contributed by atoms with Crippen LogP contribution < -0.4 is 5.32 Å². The third-order valence-corrected chi connectivity index (χ3v) is 6.08. The van der Waals surface area contributed by atoms with Crippen molar-refractivity contribution in [1.82, 2.24) is 10.2 Å². The van der Waals surface area contributed by atoms with E-state index in [0.717, 1.165) is 31.0 Å². The SMILES string of the molecule is CCCCCCCCCCCCCCCCCCN(CCCCO)C(=S)NC. The lowest BCUT2D eigenvalue weighted by Crippen LogP contribution is -2.39. The first-order valence-electron chi connectivity index (χ1n) is 12.3. The second-order valence-electron chi connectivity index (χ2n) is 8.28. The van der Waals surface area contributed by atoms with Crippen LogP contribution in [0.15, 0.2) is 0 Å². The highest BCUT2D eigenvalue weighted by molar-refractivity contribution is 7.80. The molecule has 0 atom stereocenters. The summed E-state index contributed by atoms with van der Waals surface area (Å²) in [5.41, 5.74) is 0. The Morgan fingerprint density at radius 3 is 1.36 bits per heavy atom. The molecule has 0 aliphatic rings. The Bertz CT molecular complexity index is 326. The van der Waals surface area contributed by atoms with Crippen LogP contribution in [0.1, 0.15) is 122 Å². The first kappa shape index (κ1) is 27.6. The third-order valence-electron chi connectivity index (χ3n) is 5.62. The Kier molecular flexibility index (Phi) is 22.6. The molecule has 2 N–H and O–H groups in total. The first-order chi connectivity index (χ1) is 13.8. The molecule has 4 heteroatoms. The van der Waals surface area contributed by atoms with E-state index in [1.807, 2.05) is 7.05 Å². The Hall–Kier alpha value is -0.350. The summed E-state index contributed by atoms with van der Waals surface area (Å²) < 4.78 is 0. The molecule has 0 aromatic carbocycles. The highest BCUT2D eigenvalue weighted by Crippen LogP contribution is 2.14. The van der Waals surface area contributed by atoms with Gasteiger partial charge >= 0.3 is 0 Å². The maximum atomic E-state index is 8.93. The summed E-state index contributed by atoms with van der Waals surface area (Å²) in [6, 6.07) is 0. The fraction of sp³-hybridized carbons (Fsp3) is 0.958. The minimum Gasteiger partial charge on any atom is -0.396 e. The van der Waals surface area contributed by atoms with Crippen molar-refractivity contribution in [2.45, 2.75) is 122 Å². The first-order valence-corrected chi connectivity index (χ1v) is 12.7. The number of nitrogens with zero attached hydrogens (tertiary/aromatic N) is 1. The normalized spacial score (nSPS) is 11.0. The van der Waals surface area contributed by atoms with Crippen LogP contribution in [0.25, 0.3) is 0 Å². The second-order valence-corrected chi connectivity index (χ2v) is 8.66. The smallest absolute Gasteiger partial charge is 0.168 e. The van der Waals surface area contributed by atoms with E-state index in [2.05, 4.69) is 17.1 Å². The number of hydrogen-bond acceptors (Lipinski definition) is 2. The quantitative estimate of drug-likeness (QED) is 0.159. The molecule has 0 heterocycles. The van der Waals surface area contributed by atoms with Gasteiger partial charge in [-0.1, -0.05) is 103 Å². The van der Waals surface area contributed by atoms with Crippen molar-refractivity contribution >= 4 is 17.3 Å². The van der Waals surface area contributed by atoms with Gasteiger partial charge in [0.05, 0.1) is 0 Å². The Balaban J connectivity index is 3.36. The van der Waals surface area contributed by atoms with E-state index in [4.69, 9.17) is 17.3 Å². The summed E-state index contributed by atoms with van der Waals surface area (Å²) in [7, 11) is 1.90. The number of hydrogen-bond donors (Lipinski definition) is 2. The zero-order valence-corrected chi connectivity index (χ0v) is 20.0. The van der Waals surface area contributed by atoms with Gasteiger partial charge in [-0.2, -0.15) is 0 Å². The molecule has 0 aromatic heterocycles. The monoisotopic (exact) mass is 414 g/mol. The van der Waals surface area contributed by atoms with E-state index in [1.54, 1.807) is 0 Å². The van der Waals surface area contributed by atoms with Crippen molar-refractivity contribution in [2.75, 3.05) is 26.7 Å². The molecule has 0 unspecified atom stereocenters. The Morgan fingerprint density at radius 1 is 0.643 bits per heavy atom. The highest BCUT2D eigenvalue weighted by atomic mass is 32.1. The zero-order valence-electron chi connectivity index (χ0n) is 19.2. The molecule has 0 spiro atoms. The molecule has 0 rings (SSSR count). The molecule has 0 bridgehead atoms. The predicted molar refractivity (Wildman–Crippen MR) is 129 cm³/mol. The minimum absolute atomic E-state index is 0.277. The van der Waals surface area contributed by atoms with Gasteiger partial charge in [0.25, 0.3) is 0 Å². The largest absolute Gasteiger partial charge is 0.396 e. The van der Waals surface area contributed by atoms with Crippen LogP contribution in [-0.4, -0.2) is 41.9 Å². The van der Waals surface area contributed by atoms with Gasteiger partial charge in [-0.05, 0) is 31.5 Å². The van der Waals surface area contributed by atoms with E-state index in [-0.39, 0.29) is 6.61 Å². The van der Waals surface area contributed by atoms with E-state index in [1.165, 1.54) is 103 Å². The summed E-state index contributed by atoms with van der Waals surface area (Å²) in [4.78, 5) is 2.26. The van der Waals surface area contributed by atoms with Gasteiger partial charge in [-0.3, -0.25) is 0 Å². The second kappa shape index (κ2) is 22.9. The highest BCUT2D eigenvalue weighted by Gasteiger charge is 2.07. The van der Waals surface area contributed by atoms with E-state index in [0.29, 0.717) is 0 Å². The average Bonchev–Trinajstić information content (AvgIpc) is 2.71. The molecule has 0 aliphatic carbocycles. The molecule has 0 amide bonds. The lowest BCUT2D eigenvalue weighted by atomic mass is 10.0. The van der Waals surface area contributed by atoms with Gasteiger partial charge < -0.3 is 15.3 Å². The number of thiocarbonyl (C=S) groups is 1. The number of aliphatic hydroxyl groups is 1. The summed E-state index contributed by atoms with van der Waals surface area (Å²) in [6.07, 6.45) is 24.3. The third kappa shape index (κ3) is 19.0. The molecule has 0 saturated carbocycles. The van der Waals surface area contributed by atoms with Crippen molar-refractivity contribution in [1.29, 1.82) is 0 Å². The number of unbranched alkanes of at least 4 members (excludes halogenated alkanes) is 16. The van der Waals surface area contributed by atoms with Crippen molar-refractivity contribution in [3.05, 3.63) is 0 Å². The minimum atomic E-state index is 0.277. The van der Waals surface area contributed by atoms with Crippen LogP contribution in [0.2, 0.25) is 0 Å². The van der Waals surface area contributed by atoms with E-state index < -0.39 is 0 Å². The molecule has 168 valence electrons. The fourth-order valence-corrected chi connectivity index (χ4v) is 3.92. The summed E-state index contributed by atoms with van der Waals surface area (Å²) in [5.74, 6) is 0. The van der Waals surface area contributed by atoms with Gasteiger partial charge in [0.1, 0.15) is 0 Å². The summed E-state index contributed by atoms with van der Waals surface area (Å²) >= 11 is 5.39. The Labute approximate surface area is 182 Å². The Morgan fingerprint density at radius 2 is 1.00 bits per heavy atom. The molecule has 0 saturated heterocycles. The molecule has 0 aromatic rings. The molecule has 28 heavy (non-hydrogen) atoms. The van der Waals surface area contributed by atoms with Gasteiger partial charge in [0.15, 0.2) is 5.11 Å². The van der Waals surface area contributed by atoms with Crippen molar-refractivity contribution in [2.24, 2.45) is 0 Å². The van der Waals surface area contributed by atoms with Crippen LogP contribution in [-0.2, 0) is 0 Å². The number of aliphatic hydroxyl groups excluding tert-OH is 1. The molecular formula is C24H50N2OS. The van der Waals surface area contributed by atoms with Crippen LogP contribution in [0.3, 0.4) is 0 Å². The van der Waals surface area contributed by atoms with Crippen LogP contribution in [0.5, 0.6) is 0 Å². The number of nitrogens with one attached hydrogen (secondary N) is 1. The predicted octanol–water partition coefficient (Wildman–Crippen LogP) is 6.83. The molecule has 0 fully saturated rings. The molecule has 0 radical (unpaired) electrons. The molecule has 3 nitrogen and oxygen atoms in total. The molecular weight excluding hydrogens is 364 g/mol. The summed E-state index contributed by atoms with van der Waals surface area (Å²) in [6.45, 7) is 4.57. The van der Waals surface area contributed by atoms with Crippen molar-refractivity contribution in [3.63, 3.8) is 0 Å². The van der Waals surface area contributed by atoms with E-state index in [9.17, 15) is 0 Å². The summed E-state index contributed by atoms with van der Waals surface area (Å²) in [5, 5.41) is 12.9. The maximum Gasteiger partial charge on any atom is 0.168 e.